The fraction of sp³-hybridized carbons (Fsp3) is 0.143. The molecule has 0 fully saturated rings. The zero-order valence-electron chi connectivity index (χ0n) is 9.96. The largest absolute Gasteiger partial charge is 0.465 e. The van der Waals surface area contributed by atoms with Crippen LogP contribution < -0.4 is 10.6 Å². The van der Waals surface area contributed by atoms with Crippen molar-refractivity contribution in [3.05, 3.63) is 52.8 Å². The topological polar surface area (TPSA) is 42.4 Å². The fourth-order valence-corrected chi connectivity index (χ4v) is 2.14. The SMILES string of the molecule is COC(=O)C1=CN2CC=c3cccnc3=C2C=C1. The van der Waals surface area contributed by atoms with E-state index in [9.17, 15) is 4.79 Å². The number of rotatable bonds is 1. The molecule has 0 radical (unpaired) electrons. The van der Waals surface area contributed by atoms with Crippen molar-refractivity contribution in [2.45, 2.75) is 0 Å². The molecule has 0 bridgehead atoms. The van der Waals surface area contributed by atoms with E-state index in [4.69, 9.17) is 4.74 Å². The predicted octanol–water partition coefficient (Wildman–Crippen LogP) is -0.0874. The van der Waals surface area contributed by atoms with Crippen LogP contribution in [0.5, 0.6) is 0 Å². The van der Waals surface area contributed by atoms with Gasteiger partial charge in [-0.25, -0.2) is 4.79 Å². The summed E-state index contributed by atoms with van der Waals surface area (Å²) < 4.78 is 4.72. The van der Waals surface area contributed by atoms with Gasteiger partial charge in [0.05, 0.1) is 23.7 Å². The first-order valence-electron chi connectivity index (χ1n) is 5.70. The molecule has 0 spiro atoms. The van der Waals surface area contributed by atoms with E-state index in [1.54, 1.807) is 18.5 Å². The molecule has 0 unspecified atom stereocenters. The molecule has 90 valence electrons. The van der Waals surface area contributed by atoms with Gasteiger partial charge in [0.25, 0.3) is 0 Å². The number of methoxy groups -OCH3 is 1. The van der Waals surface area contributed by atoms with Crippen molar-refractivity contribution in [3.8, 4) is 0 Å². The summed E-state index contributed by atoms with van der Waals surface area (Å²) in [6.45, 7) is 0.735. The first-order chi connectivity index (χ1) is 8.79. The van der Waals surface area contributed by atoms with E-state index in [-0.39, 0.29) is 5.97 Å². The number of pyridine rings is 1. The summed E-state index contributed by atoms with van der Waals surface area (Å²) in [4.78, 5) is 17.9. The highest BCUT2D eigenvalue weighted by atomic mass is 16.5. The lowest BCUT2D eigenvalue weighted by Crippen LogP contribution is -2.40. The summed E-state index contributed by atoms with van der Waals surface area (Å²) in [6, 6.07) is 3.97. The van der Waals surface area contributed by atoms with Crippen LogP contribution in [0.1, 0.15) is 0 Å². The number of ether oxygens (including phenoxy) is 1. The van der Waals surface area contributed by atoms with Crippen LogP contribution in [0.4, 0.5) is 0 Å². The van der Waals surface area contributed by atoms with Crippen LogP contribution in [0, 0.1) is 0 Å². The molecule has 0 N–H and O–H groups in total. The van der Waals surface area contributed by atoms with Gasteiger partial charge in [-0.1, -0.05) is 12.1 Å². The van der Waals surface area contributed by atoms with Gasteiger partial charge in [0.2, 0.25) is 0 Å². The number of carbonyl (C=O) groups excluding carboxylic acids is 1. The molecule has 2 aliphatic heterocycles. The van der Waals surface area contributed by atoms with Crippen molar-refractivity contribution in [1.82, 2.24) is 9.88 Å². The molecule has 0 aromatic carbocycles. The molecule has 1 aromatic heterocycles. The lowest BCUT2D eigenvalue weighted by Gasteiger charge is -2.26. The van der Waals surface area contributed by atoms with Gasteiger partial charge >= 0.3 is 5.97 Å². The number of hydrogen-bond acceptors (Lipinski definition) is 4. The van der Waals surface area contributed by atoms with Gasteiger partial charge in [-0.2, -0.15) is 0 Å². The molecular formula is C14H12N2O2. The Morgan fingerprint density at radius 1 is 1.44 bits per heavy atom. The Kier molecular flexibility index (Phi) is 2.48. The molecule has 0 amide bonds. The van der Waals surface area contributed by atoms with Crippen molar-refractivity contribution in [2.75, 3.05) is 13.7 Å². The summed E-state index contributed by atoms with van der Waals surface area (Å²) in [6.07, 6.45) is 9.34. The maximum Gasteiger partial charge on any atom is 0.339 e. The molecule has 3 rings (SSSR count). The molecule has 4 nitrogen and oxygen atoms in total. The number of esters is 1. The summed E-state index contributed by atoms with van der Waals surface area (Å²) >= 11 is 0. The van der Waals surface area contributed by atoms with Crippen LogP contribution in [0.25, 0.3) is 11.8 Å². The van der Waals surface area contributed by atoms with Gasteiger partial charge < -0.3 is 9.64 Å². The Morgan fingerprint density at radius 2 is 2.33 bits per heavy atom. The van der Waals surface area contributed by atoms with Crippen LogP contribution in [-0.2, 0) is 9.53 Å². The number of nitrogens with zero attached hydrogens (tertiary/aromatic N) is 2. The standard InChI is InChI=1S/C14H12N2O2/c1-18-14(17)11-4-5-12-13-10(3-2-7-15-13)6-8-16(12)9-11/h2-7,9H,8H2,1H3. The average molecular weight is 240 g/mol. The highest BCUT2D eigenvalue weighted by Gasteiger charge is 2.18. The molecule has 0 atom stereocenters. The minimum absolute atomic E-state index is 0.322. The molecule has 3 heterocycles. The first kappa shape index (κ1) is 10.8. The van der Waals surface area contributed by atoms with Gasteiger partial charge in [0, 0.05) is 24.2 Å². The molecule has 2 aliphatic rings. The summed E-state index contributed by atoms with van der Waals surface area (Å²) in [5.74, 6) is -0.322. The summed E-state index contributed by atoms with van der Waals surface area (Å²) in [5, 5.41) is 2.07. The zero-order chi connectivity index (χ0) is 12.5. The van der Waals surface area contributed by atoms with Crippen LogP contribution in [0.3, 0.4) is 0 Å². The smallest absolute Gasteiger partial charge is 0.339 e. The number of carbonyl (C=O) groups is 1. The van der Waals surface area contributed by atoms with E-state index in [1.165, 1.54) is 7.11 Å². The maximum atomic E-state index is 11.5. The summed E-state index contributed by atoms with van der Waals surface area (Å²) in [7, 11) is 1.38. The monoisotopic (exact) mass is 240 g/mol. The first-order valence-corrected chi connectivity index (χ1v) is 5.70. The van der Waals surface area contributed by atoms with E-state index >= 15 is 0 Å². The maximum absolute atomic E-state index is 11.5. The van der Waals surface area contributed by atoms with Crippen LogP contribution in [0.2, 0.25) is 0 Å². The average Bonchev–Trinajstić information content (AvgIpc) is 2.45. The normalized spacial score (nSPS) is 16.4. The quantitative estimate of drug-likeness (QED) is 0.644. The summed E-state index contributed by atoms with van der Waals surface area (Å²) in [5.41, 5.74) is 1.56. The van der Waals surface area contributed by atoms with E-state index in [0.29, 0.717) is 5.57 Å². The number of fused-ring (bicyclic) bond motifs is 2. The second kappa shape index (κ2) is 4.14. The molecule has 0 aliphatic carbocycles. The highest BCUT2D eigenvalue weighted by Crippen LogP contribution is 2.18. The third-order valence-electron chi connectivity index (χ3n) is 3.04. The Balaban J connectivity index is 2.12. The molecule has 1 aromatic rings. The minimum Gasteiger partial charge on any atom is -0.465 e. The van der Waals surface area contributed by atoms with Gasteiger partial charge in [-0.15, -0.1) is 0 Å². The van der Waals surface area contributed by atoms with Crippen molar-refractivity contribution >= 4 is 17.7 Å². The molecule has 0 saturated carbocycles. The van der Waals surface area contributed by atoms with Gasteiger partial charge in [0.1, 0.15) is 0 Å². The molecule has 4 heteroatoms. The van der Waals surface area contributed by atoms with Crippen molar-refractivity contribution in [2.24, 2.45) is 0 Å². The third kappa shape index (κ3) is 1.62. The lowest BCUT2D eigenvalue weighted by atomic mass is 10.1. The van der Waals surface area contributed by atoms with Gasteiger partial charge in [0.15, 0.2) is 0 Å². The van der Waals surface area contributed by atoms with E-state index < -0.39 is 0 Å². The fourth-order valence-electron chi connectivity index (χ4n) is 2.14. The Bertz CT molecular complexity index is 686. The van der Waals surface area contributed by atoms with Crippen molar-refractivity contribution in [3.63, 3.8) is 0 Å². The highest BCUT2D eigenvalue weighted by molar-refractivity contribution is 5.93. The van der Waals surface area contributed by atoms with Crippen molar-refractivity contribution in [1.29, 1.82) is 0 Å². The van der Waals surface area contributed by atoms with Crippen molar-refractivity contribution < 1.29 is 9.53 Å². The minimum atomic E-state index is -0.322. The van der Waals surface area contributed by atoms with E-state index in [1.807, 2.05) is 23.1 Å². The van der Waals surface area contributed by atoms with E-state index in [2.05, 4.69) is 11.1 Å². The molecule has 18 heavy (non-hydrogen) atoms. The Morgan fingerprint density at radius 3 is 3.17 bits per heavy atom. The van der Waals surface area contributed by atoms with E-state index in [0.717, 1.165) is 22.8 Å². The van der Waals surface area contributed by atoms with Gasteiger partial charge in [-0.3, -0.25) is 4.98 Å². The van der Waals surface area contributed by atoms with Crippen LogP contribution >= 0.6 is 0 Å². The molecular weight excluding hydrogens is 228 g/mol. The number of hydrogen-bond donors (Lipinski definition) is 0. The second-order valence-corrected chi connectivity index (χ2v) is 4.09. The zero-order valence-corrected chi connectivity index (χ0v) is 9.96. The predicted molar refractivity (Wildman–Crippen MR) is 67.3 cm³/mol. The lowest BCUT2D eigenvalue weighted by molar-refractivity contribution is -0.135. The van der Waals surface area contributed by atoms with Crippen LogP contribution in [-0.4, -0.2) is 29.5 Å². The Labute approximate surface area is 104 Å². The van der Waals surface area contributed by atoms with Gasteiger partial charge in [-0.05, 0) is 18.2 Å². The molecule has 0 saturated heterocycles. The number of aromatic nitrogens is 1. The Hall–Kier alpha value is -2.36. The van der Waals surface area contributed by atoms with Crippen LogP contribution in [0.15, 0.2) is 42.3 Å². The second-order valence-electron chi connectivity index (χ2n) is 4.09. The third-order valence-corrected chi connectivity index (χ3v) is 3.04.